The number of alkyl carbamates (subject to hydrolysis) is 1. The minimum absolute atomic E-state index is 0.117. The summed E-state index contributed by atoms with van der Waals surface area (Å²) in [7, 11) is 1.27. The van der Waals surface area contributed by atoms with Crippen LogP contribution in [-0.2, 0) is 19.1 Å². The summed E-state index contributed by atoms with van der Waals surface area (Å²) < 4.78 is 9.86. The maximum atomic E-state index is 11.8. The summed E-state index contributed by atoms with van der Waals surface area (Å²) >= 11 is 0. The lowest BCUT2D eigenvalue weighted by Crippen LogP contribution is -2.44. The van der Waals surface area contributed by atoms with E-state index in [9.17, 15) is 14.4 Å². The van der Waals surface area contributed by atoms with Gasteiger partial charge in [-0.05, 0) is 52.9 Å². The van der Waals surface area contributed by atoms with E-state index >= 15 is 0 Å². The fraction of sp³-hybridized carbons (Fsp3) is 0.765. The van der Waals surface area contributed by atoms with E-state index in [1.54, 1.807) is 20.8 Å². The van der Waals surface area contributed by atoms with E-state index in [0.29, 0.717) is 31.5 Å². The molecule has 0 aromatic heterocycles. The molecule has 0 unspecified atom stereocenters. The second-order valence-electron chi connectivity index (χ2n) is 6.91. The number of hydrogen-bond donors (Lipinski definition) is 2. The molecule has 0 aromatic rings. The molecule has 0 saturated heterocycles. The Bertz CT molecular complexity index is 511. The predicted octanol–water partition coefficient (Wildman–Crippen LogP) is 1.57. The highest BCUT2D eigenvalue weighted by Crippen LogP contribution is 2.09. The molecular weight excluding hydrogens is 326 g/mol. The Morgan fingerprint density at radius 3 is 2.52 bits per heavy atom. The summed E-state index contributed by atoms with van der Waals surface area (Å²) in [6, 6.07) is -0.769. The van der Waals surface area contributed by atoms with E-state index < -0.39 is 23.7 Å². The van der Waals surface area contributed by atoms with Gasteiger partial charge < -0.3 is 20.1 Å². The zero-order chi connectivity index (χ0) is 18.9. The van der Waals surface area contributed by atoms with E-state index in [1.807, 2.05) is 0 Å². The maximum absolute atomic E-state index is 11.8. The highest BCUT2D eigenvalue weighted by Gasteiger charge is 2.24. The number of nitrogens with zero attached hydrogens (tertiary/aromatic N) is 1. The Labute approximate surface area is 148 Å². The second-order valence-corrected chi connectivity index (χ2v) is 6.91. The van der Waals surface area contributed by atoms with Crippen LogP contribution in [-0.4, -0.2) is 55.5 Å². The molecule has 0 fully saturated rings. The molecule has 1 aliphatic heterocycles. The number of unbranched alkanes of at least 4 members (excludes halogenated alkanes) is 1. The van der Waals surface area contributed by atoms with Gasteiger partial charge in [0.05, 0.1) is 12.8 Å². The van der Waals surface area contributed by atoms with Gasteiger partial charge in [0.1, 0.15) is 11.6 Å². The first-order valence-electron chi connectivity index (χ1n) is 8.62. The third-order valence-corrected chi connectivity index (χ3v) is 3.52. The molecule has 1 atom stereocenters. The van der Waals surface area contributed by atoms with Crippen LogP contribution < -0.4 is 10.6 Å². The van der Waals surface area contributed by atoms with Gasteiger partial charge in [0.15, 0.2) is 0 Å². The van der Waals surface area contributed by atoms with Crippen LogP contribution in [0.25, 0.3) is 0 Å². The van der Waals surface area contributed by atoms with Crippen molar-refractivity contribution in [2.24, 2.45) is 4.99 Å². The molecule has 0 aromatic carbocycles. The van der Waals surface area contributed by atoms with Crippen molar-refractivity contribution in [3.05, 3.63) is 0 Å². The topological polar surface area (TPSA) is 106 Å². The van der Waals surface area contributed by atoms with Gasteiger partial charge in [-0.2, -0.15) is 0 Å². The van der Waals surface area contributed by atoms with Crippen LogP contribution in [0.2, 0.25) is 0 Å². The Balaban J connectivity index is 2.32. The lowest BCUT2D eigenvalue weighted by molar-refractivity contribution is -0.143. The third-order valence-electron chi connectivity index (χ3n) is 3.52. The number of methoxy groups -OCH3 is 1. The normalized spacial score (nSPS) is 15.1. The van der Waals surface area contributed by atoms with Gasteiger partial charge in [0, 0.05) is 13.1 Å². The van der Waals surface area contributed by atoms with Crippen molar-refractivity contribution in [3.63, 3.8) is 0 Å². The molecule has 1 aliphatic rings. The number of carbonyl (C=O) groups is 3. The standard InChI is InChI=1S/C17H29N3O5/c1-17(2,3)25-16(23)20-13(15(22)24-4)8-5-6-10-19-14(21)12-9-7-11-18-12/h13H,5-11H2,1-4H3,(H,19,21)(H,20,23)/t13-/m0/s1. The molecule has 1 heterocycles. The lowest BCUT2D eigenvalue weighted by atomic mass is 10.1. The van der Waals surface area contributed by atoms with Crippen LogP contribution in [0, 0.1) is 0 Å². The quantitative estimate of drug-likeness (QED) is 0.508. The molecule has 1 rings (SSSR count). The lowest BCUT2D eigenvalue weighted by Gasteiger charge is -2.22. The Morgan fingerprint density at radius 1 is 1.24 bits per heavy atom. The van der Waals surface area contributed by atoms with Crippen LogP contribution >= 0.6 is 0 Å². The molecule has 8 heteroatoms. The van der Waals surface area contributed by atoms with E-state index in [1.165, 1.54) is 7.11 Å². The van der Waals surface area contributed by atoms with Crippen molar-refractivity contribution < 1.29 is 23.9 Å². The highest BCUT2D eigenvalue weighted by atomic mass is 16.6. The molecule has 0 saturated carbocycles. The highest BCUT2D eigenvalue weighted by molar-refractivity contribution is 6.39. The molecule has 8 nitrogen and oxygen atoms in total. The summed E-state index contributed by atoms with van der Waals surface area (Å²) in [5.74, 6) is -0.635. The molecule has 2 amide bonds. The van der Waals surface area contributed by atoms with Crippen molar-refractivity contribution in [2.45, 2.75) is 64.5 Å². The molecule has 0 radical (unpaired) electrons. The number of hydrogen-bond acceptors (Lipinski definition) is 6. The monoisotopic (exact) mass is 355 g/mol. The summed E-state index contributed by atoms with van der Waals surface area (Å²) in [5.41, 5.74) is -0.0307. The number of esters is 1. The number of carbonyl (C=O) groups excluding carboxylic acids is 3. The minimum atomic E-state index is -0.769. The first-order chi connectivity index (χ1) is 11.7. The largest absolute Gasteiger partial charge is 0.467 e. The summed E-state index contributed by atoms with van der Waals surface area (Å²) in [6.45, 7) is 6.46. The van der Waals surface area contributed by atoms with Gasteiger partial charge in [-0.3, -0.25) is 9.79 Å². The van der Waals surface area contributed by atoms with Gasteiger partial charge in [0.25, 0.3) is 5.91 Å². The van der Waals surface area contributed by atoms with Gasteiger partial charge in [0.2, 0.25) is 0 Å². The summed E-state index contributed by atoms with van der Waals surface area (Å²) in [4.78, 5) is 39.5. The smallest absolute Gasteiger partial charge is 0.408 e. The van der Waals surface area contributed by atoms with Crippen LogP contribution in [0.1, 0.15) is 52.9 Å². The van der Waals surface area contributed by atoms with E-state index in [-0.39, 0.29) is 5.91 Å². The summed E-state index contributed by atoms with van der Waals surface area (Å²) in [5, 5.41) is 5.34. The molecule has 25 heavy (non-hydrogen) atoms. The molecule has 0 bridgehead atoms. The zero-order valence-electron chi connectivity index (χ0n) is 15.5. The minimum Gasteiger partial charge on any atom is -0.467 e. The third kappa shape index (κ3) is 8.51. The van der Waals surface area contributed by atoms with Crippen molar-refractivity contribution in [1.82, 2.24) is 10.6 Å². The SMILES string of the molecule is COC(=O)[C@H](CCCCNC(=O)C1=NCCC1)NC(=O)OC(C)(C)C. The number of amides is 2. The number of aliphatic imine (C=N–C) groups is 1. The van der Waals surface area contributed by atoms with E-state index in [4.69, 9.17) is 9.47 Å². The van der Waals surface area contributed by atoms with Gasteiger partial charge in [-0.1, -0.05) is 0 Å². The van der Waals surface area contributed by atoms with Crippen LogP contribution in [0.4, 0.5) is 4.79 Å². The molecule has 0 aliphatic carbocycles. The molecule has 142 valence electrons. The molecular formula is C17H29N3O5. The van der Waals surface area contributed by atoms with Crippen LogP contribution in [0.5, 0.6) is 0 Å². The zero-order valence-corrected chi connectivity index (χ0v) is 15.5. The van der Waals surface area contributed by atoms with Crippen molar-refractivity contribution in [2.75, 3.05) is 20.2 Å². The second kappa shape index (κ2) is 10.0. The first-order valence-corrected chi connectivity index (χ1v) is 8.62. The van der Waals surface area contributed by atoms with Gasteiger partial charge >= 0.3 is 12.1 Å². The van der Waals surface area contributed by atoms with Gasteiger partial charge in [-0.25, -0.2) is 9.59 Å². The van der Waals surface area contributed by atoms with E-state index in [0.717, 1.165) is 19.4 Å². The number of nitrogens with one attached hydrogen (secondary N) is 2. The maximum Gasteiger partial charge on any atom is 0.408 e. The predicted molar refractivity (Wildman–Crippen MR) is 93.6 cm³/mol. The number of ether oxygens (including phenoxy) is 2. The summed E-state index contributed by atoms with van der Waals surface area (Å²) in [6.07, 6.45) is 2.74. The van der Waals surface area contributed by atoms with Crippen molar-refractivity contribution >= 4 is 23.7 Å². The van der Waals surface area contributed by atoms with Gasteiger partial charge in [-0.15, -0.1) is 0 Å². The fourth-order valence-corrected chi connectivity index (χ4v) is 2.34. The Kier molecular flexibility index (Phi) is 8.37. The van der Waals surface area contributed by atoms with Crippen LogP contribution in [0.3, 0.4) is 0 Å². The van der Waals surface area contributed by atoms with Crippen molar-refractivity contribution in [3.8, 4) is 0 Å². The average Bonchev–Trinajstić information content (AvgIpc) is 3.05. The van der Waals surface area contributed by atoms with Crippen LogP contribution in [0.15, 0.2) is 4.99 Å². The van der Waals surface area contributed by atoms with Crippen molar-refractivity contribution in [1.29, 1.82) is 0 Å². The number of rotatable bonds is 8. The van der Waals surface area contributed by atoms with E-state index in [2.05, 4.69) is 15.6 Å². The Hall–Kier alpha value is -2.12. The molecule has 0 spiro atoms. The Morgan fingerprint density at radius 2 is 1.96 bits per heavy atom. The first kappa shape index (κ1) is 20.9. The molecule has 2 N–H and O–H groups in total. The average molecular weight is 355 g/mol. The fourth-order valence-electron chi connectivity index (χ4n) is 2.34.